The standard InChI is InChI=1S/C61H45N/c1-61(2)56-41-49(38-40-54(56)55-31-18-30-53(60(55)61)44-23-11-5-12-24-44)62(57-32-16-15-28-50(57)42-19-7-3-8-20-42)48-36-33-45(34-37-48)51-29-17-27-47-35-39-52(43-21-9-4-10-22-43)58(59(47)51)46-25-13-6-14-26-46/h3-41H,1-2H3/i4D,9D,10D,21D,22D. The molecule has 62 heavy (non-hydrogen) atoms. The van der Waals surface area contributed by atoms with E-state index in [-0.39, 0.29) is 35.1 Å². The number of hydrogen-bond acceptors (Lipinski definition) is 1. The topological polar surface area (TPSA) is 3.24 Å². The maximum atomic E-state index is 9.00. The van der Waals surface area contributed by atoms with E-state index in [4.69, 9.17) is 6.85 Å². The summed E-state index contributed by atoms with van der Waals surface area (Å²) in [5, 5.41) is 1.92. The molecule has 0 spiro atoms. The molecule has 10 aromatic rings. The quantitative estimate of drug-likeness (QED) is 0.148. The van der Waals surface area contributed by atoms with Crippen LogP contribution in [0.4, 0.5) is 17.1 Å². The molecule has 0 saturated heterocycles. The smallest absolute Gasteiger partial charge is 0.0629 e. The minimum atomic E-state index is -0.409. The molecule has 0 aliphatic heterocycles. The third-order valence-corrected chi connectivity index (χ3v) is 12.5. The van der Waals surface area contributed by atoms with Crippen molar-refractivity contribution >= 4 is 27.8 Å². The third-order valence-electron chi connectivity index (χ3n) is 12.5. The Morgan fingerprint density at radius 3 is 1.66 bits per heavy atom. The number of rotatable bonds is 8. The highest BCUT2D eigenvalue weighted by molar-refractivity contribution is 6.11. The number of para-hydroxylation sites is 1. The maximum Gasteiger partial charge on any atom is 0.0629 e. The zero-order chi connectivity index (χ0) is 46.0. The molecule has 294 valence electrons. The zero-order valence-corrected chi connectivity index (χ0v) is 34.6. The van der Waals surface area contributed by atoms with Crippen molar-refractivity contribution in [1.29, 1.82) is 0 Å². The highest BCUT2D eigenvalue weighted by Gasteiger charge is 2.38. The van der Waals surface area contributed by atoms with Gasteiger partial charge in [0.05, 0.1) is 12.5 Å². The lowest BCUT2D eigenvalue weighted by molar-refractivity contribution is 0.662. The van der Waals surface area contributed by atoms with E-state index in [9.17, 15) is 0 Å². The Morgan fingerprint density at radius 1 is 0.387 bits per heavy atom. The van der Waals surface area contributed by atoms with Gasteiger partial charge in [-0.3, -0.25) is 0 Å². The van der Waals surface area contributed by atoms with Gasteiger partial charge in [-0.2, -0.15) is 0 Å². The van der Waals surface area contributed by atoms with Crippen LogP contribution in [0, 0.1) is 0 Å². The van der Waals surface area contributed by atoms with E-state index in [0.717, 1.165) is 61.2 Å². The van der Waals surface area contributed by atoms with Gasteiger partial charge in [-0.25, -0.2) is 0 Å². The fraction of sp³-hybridized carbons (Fsp3) is 0.0492. The molecule has 1 heteroatoms. The molecule has 0 heterocycles. The van der Waals surface area contributed by atoms with E-state index in [0.29, 0.717) is 5.56 Å². The van der Waals surface area contributed by atoms with Crippen molar-refractivity contribution in [3.05, 3.63) is 248 Å². The van der Waals surface area contributed by atoms with Crippen LogP contribution in [0.15, 0.2) is 236 Å². The second kappa shape index (κ2) is 15.4. The predicted octanol–water partition coefficient (Wildman–Crippen LogP) is 17.0. The van der Waals surface area contributed by atoms with Gasteiger partial charge in [-0.1, -0.05) is 220 Å². The number of fused-ring (bicyclic) bond motifs is 4. The van der Waals surface area contributed by atoms with E-state index in [1.807, 2.05) is 42.5 Å². The van der Waals surface area contributed by atoms with E-state index in [1.165, 1.54) is 33.4 Å². The van der Waals surface area contributed by atoms with Crippen molar-refractivity contribution in [2.75, 3.05) is 4.90 Å². The van der Waals surface area contributed by atoms with E-state index in [1.54, 1.807) is 0 Å². The van der Waals surface area contributed by atoms with Crippen LogP contribution < -0.4 is 4.90 Å². The summed E-state index contributed by atoms with van der Waals surface area (Å²) in [5.74, 6) is 0. The zero-order valence-electron chi connectivity index (χ0n) is 39.6. The Bertz CT molecular complexity index is 3500. The van der Waals surface area contributed by atoms with Gasteiger partial charge < -0.3 is 4.90 Å². The van der Waals surface area contributed by atoms with E-state index in [2.05, 4.69) is 183 Å². The Labute approximate surface area is 371 Å². The van der Waals surface area contributed by atoms with Gasteiger partial charge >= 0.3 is 0 Å². The average molecular weight is 797 g/mol. The van der Waals surface area contributed by atoms with Crippen molar-refractivity contribution in [3.63, 3.8) is 0 Å². The summed E-state index contributed by atoms with van der Waals surface area (Å²) in [6.07, 6.45) is 0. The second-order valence-corrected chi connectivity index (χ2v) is 16.5. The molecule has 1 aliphatic rings. The third kappa shape index (κ3) is 6.33. The van der Waals surface area contributed by atoms with E-state index >= 15 is 0 Å². The molecule has 11 rings (SSSR count). The summed E-state index contributed by atoms with van der Waals surface area (Å²) in [4.78, 5) is 2.37. The molecule has 1 nitrogen and oxygen atoms in total. The minimum Gasteiger partial charge on any atom is -0.310 e. The fourth-order valence-electron chi connectivity index (χ4n) is 9.73. The van der Waals surface area contributed by atoms with Crippen LogP contribution in [0.3, 0.4) is 0 Å². The van der Waals surface area contributed by atoms with Crippen LogP contribution in [-0.2, 0) is 5.41 Å². The monoisotopic (exact) mass is 796 g/mol. The SMILES string of the molecule is [2H]c1c([2H])c([2H])c(-c2ccc3cccc(-c4ccc(N(c5ccc6c(c5)C(C)(C)c5c(-c7ccccc7)cccc5-6)c5ccccc5-c5ccccc5)cc4)c3c2-c2ccccc2)c([2H])c1[2H]. The van der Waals surface area contributed by atoms with Crippen LogP contribution in [0.1, 0.15) is 31.8 Å². The summed E-state index contributed by atoms with van der Waals surface area (Å²) < 4.78 is 43.4. The summed E-state index contributed by atoms with van der Waals surface area (Å²) in [6.45, 7) is 4.70. The number of benzene rings is 10. The van der Waals surface area contributed by atoms with Crippen LogP contribution in [0.2, 0.25) is 0 Å². The first kappa shape index (κ1) is 32.1. The van der Waals surface area contributed by atoms with Crippen molar-refractivity contribution in [2.24, 2.45) is 0 Å². The van der Waals surface area contributed by atoms with Crippen LogP contribution in [-0.4, -0.2) is 0 Å². The Hall–Kier alpha value is -7.74. The highest BCUT2D eigenvalue weighted by atomic mass is 15.1. The van der Waals surface area contributed by atoms with Crippen LogP contribution in [0.25, 0.3) is 77.5 Å². The first-order chi connectivity index (χ1) is 32.6. The van der Waals surface area contributed by atoms with Crippen molar-refractivity contribution in [2.45, 2.75) is 19.3 Å². The summed E-state index contributed by atoms with van der Waals surface area (Å²) in [5.41, 5.74) is 17.1. The number of nitrogens with zero attached hydrogens (tertiary/aromatic N) is 1. The van der Waals surface area contributed by atoms with Gasteiger partial charge in [0.2, 0.25) is 0 Å². The molecular formula is C61H45N. The summed E-state index contributed by atoms with van der Waals surface area (Å²) >= 11 is 0. The van der Waals surface area contributed by atoms with Gasteiger partial charge in [-0.15, -0.1) is 0 Å². The van der Waals surface area contributed by atoms with Gasteiger partial charge in [-0.05, 0) is 113 Å². The normalized spacial score (nSPS) is 13.6. The molecule has 0 fully saturated rings. The molecule has 0 aromatic heterocycles. The highest BCUT2D eigenvalue weighted by Crippen LogP contribution is 2.54. The molecule has 0 N–H and O–H groups in total. The lowest BCUT2D eigenvalue weighted by Gasteiger charge is -2.30. The molecule has 1 aliphatic carbocycles. The van der Waals surface area contributed by atoms with Gasteiger partial charge in [0.25, 0.3) is 0 Å². The lowest BCUT2D eigenvalue weighted by atomic mass is 9.78. The minimum absolute atomic E-state index is 0.182. The van der Waals surface area contributed by atoms with Crippen LogP contribution >= 0.6 is 0 Å². The van der Waals surface area contributed by atoms with E-state index < -0.39 is 6.04 Å². The Morgan fingerprint density at radius 2 is 0.935 bits per heavy atom. The van der Waals surface area contributed by atoms with Crippen molar-refractivity contribution in [1.82, 2.24) is 0 Å². The predicted molar refractivity (Wildman–Crippen MR) is 263 cm³/mol. The summed E-state index contributed by atoms with van der Waals surface area (Å²) in [6, 6.07) is 70.7. The number of hydrogen-bond donors (Lipinski definition) is 0. The van der Waals surface area contributed by atoms with Crippen molar-refractivity contribution in [3.8, 4) is 66.8 Å². The molecule has 0 radical (unpaired) electrons. The molecule has 10 aromatic carbocycles. The Kier molecular flexibility index (Phi) is 7.96. The first-order valence-corrected chi connectivity index (χ1v) is 21.2. The Balaban J connectivity index is 1.09. The average Bonchev–Trinajstić information content (AvgIpc) is 3.61. The molecule has 0 amide bonds. The molecule has 0 bridgehead atoms. The molecular weight excluding hydrogens is 747 g/mol. The lowest BCUT2D eigenvalue weighted by Crippen LogP contribution is -2.17. The molecule has 0 atom stereocenters. The van der Waals surface area contributed by atoms with Gasteiger partial charge in [0.1, 0.15) is 0 Å². The number of anilines is 3. The summed E-state index contributed by atoms with van der Waals surface area (Å²) in [7, 11) is 0. The maximum absolute atomic E-state index is 9.00. The van der Waals surface area contributed by atoms with Crippen molar-refractivity contribution < 1.29 is 6.85 Å². The fourth-order valence-corrected chi connectivity index (χ4v) is 9.73. The van der Waals surface area contributed by atoms with Gasteiger partial charge in [0, 0.05) is 22.4 Å². The van der Waals surface area contributed by atoms with Crippen LogP contribution in [0.5, 0.6) is 0 Å². The largest absolute Gasteiger partial charge is 0.310 e. The molecule has 0 saturated carbocycles. The molecule has 0 unspecified atom stereocenters. The second-order valence-electron chi connectivity index (χ2n) is 16.5. The first-order valence-electron chi connectivity index (χ1n) is 23.7. The van der Waals surface area contributed by atoms with Gasteiger partial charge in [0.15, 0.2) is 0 Å².